The molecule has 2 heteroatoms. The Bertz CT molecular complexity index is 39.1. The first-order chi connectivity index (χ1) is 3.31. The number of hydrogen-bond donors (Lipinski definition) is 1. The standard InChI is InChI=1S/C5H12N.Al.2H/c1-3-4-5(2)6;;;/h5-6H,3-4H2,1-2H3;;;/q-1;+1;;. The highest BCUT2D eigenvalue weighted by Gasteiger charge is 1.90. The van der Waals surface area contributed by atoms with Gasteiger partial charge in [0.15, 0.2) is 0 Å². The highest BCUT2D eigenvalue weighted by molar-refractivity contribution is 6.04. The summed E-state index contributed by atoms with van der Waals surface area (Å²) in [4.78, 5) is 0. The van der Waals surface area contributed by atoms with Crippen molar-refractivity contribution in [3.8, 4) is 0 Å². The second-order valence-electron chi connectivity index (χ2n) is 1.98. The molecule has 0 fully saturated rings. The molecule has 1 nitrogen and oxygen atoms in total. The van der Waals surface area contributed by atoms with Gasteiger partial charge in [-0.2, -0.15) is 0 Å². The fourth-order valence-corrected chi connectivity index (χ4v) is 0.866. The minimum absolute atomic E-state index is 0.761. The SMILES string of the molecule is CCCC(C)[NH][AlH2]. The molecule has 0 aliphatic carbocycles. The van der Waals surface area contributed by atoms with Crippen LogP contribution in [-0.4, -0.2) is 22.6 Å². The molecule has 0 saturated heterocycles. The Balaban J connectivity index is 2.83. The van der Waals surface area contributed by atoms with Gasteiger partial charge in [-0.1, -0.05) is 20.3 Å². The lowest BCUT2D eigenvalue weighted by molar-refractivity contribution is 0.611. The summed E-state index contributed by atoms with van der Waals surface area (Å²) in [5, 5.41) is 0. The van der Waals surface area contributed by atoms with E-state index in [0.29, 0.717) is 0 Å². The van der Waals surface area contributed by atoms with Crippen LogP contribution in [0.3, 0.4) is 0 Å². The zero-order valence-electron chi connectivity index (χ0n) is 5.49. The molecule has 1 unspecified atom stereocenters. The van der Waals surface area contributed by atoms with E-state index in [4.69, 9.17) is 0 Å². The molecule has 1 atom stereocenters. The van der Waals surface area contributed by atoms with Gasteiger partial charge in [0.1, 0.15) is 0 Å². The zero-order chi connectivity index (χ0) is 5.70. The molecule has 0 bridgehead atoms. The summed E-state index contributed by atoms with van der Waals surface area (Å²) < 4.78 is 3.30. The van der Waals surface area contributed by atoms with E-state index in [2.05, 4.69) is 18.1 Å². The molecule has 0 radical (unpaired) electrons. The molecule has 0 spiro atoms. The van der Waals surface area contributed by atoms with Gasteiger partial charge in [0.25, 0.3) is 0 Å². The van der Waals surface area contributed by atoms with Crippen molar-refractivity contribution >= 4 is 16.5 Å². The average molecular weight is 115 g/mol. The van der Waals surface area contributed by atoms with Crippen molar-refractivity contribution in [2.24, 2.45) is 0 Å². The largest absolute Gasteiger partial charge is 0.402 e. The van der Waals surface area contributed by atoms with Gasteiger partial charge in [0, 0.05) is 0 Å². The predicted octanol–water partition coefficient (Wildman–Crippen LogP) is 0.313. The molecule has 0 rings (SSSR count). The van der Waals surface area contributed by atoms with Crippen molar-refractivity contribution in [2.75, 3.05) is 0 Å². The Kier molecular flexibility index (Phi) is 4.97. The van der Waals surface area contributed by atoms with Gasteiger partial charge in [-0.25, -0.2) is 0 Å². The molecular weight excluding hydrogens is 101 g/mol. The Hall–Kier alpha value is 0.492. The van der Waals surface area contributed by atoms with Crippen LogP contribution in [0.25, 0.3) is 0 Å². The highest BCUT2D eigenvalue weighted by atomic mass is 27.1. The second kappa shape index (κ2) is 4.65. The molecule has 0 aromatic rings. The van der Waals surface area contributed by atoms with Crippen molar-refractivity contribution < 1.29 is 0 Å². The minimum atomic E-state index is 0.761. The molecule has 0 amide bonds. The van der Waals surface area contributed by atoms with Crippen LogP contribution < -0.4 is 4.30 Å². The third-order valence-electron chi connectivity index (χ3n) is 1.21. The van der Waals surface area contributed by atoms with Crippen LogP contribution in [0, 0.1) is 0 Å². The highest BCUT2D eigenvalue weighted by Crippen LogP contribution is 1.91. The summed E-state index contributed by atoms with van der Waals surface area (Å²) in [5.41, 5.74) is 0. The van der Waals surface area contributed by atoms with E-state index in [9.17, 15) is 0 Å². The van der Waals surface area contributed by atoms with E-state index >= 15 is 0 Å². The van der Waals surface area contributed by atoms with Crippen LogP contribution >= 0.6 is 0 Å². The maximum atomic E-state index is 3.30. The van der Waals surface area contributed by atoms with Crippen LogP contribution in [0.15, 0.2) is 0 Å². The van der Waals surface area contributed by atoms with Crippen molar-refractivity contribution in [1.29, 1.82) is 0 Å². The molecule has 0 aliphatic heterocycles. The van der Waals surface area contributed by atoms with E-state index < -0.39 is 0 Å². The van der Waals surface area contributed by atoms with Crippen LogP contribution in [0.1, 0.15) is 26.7 Å². The van der Waals surface area contributed by atoms with Crippen LogP contribution in [-0.2, 0) is 0 Å². The molecule has 1 N–H and O–H groups in total. The van der Waals surface area contributed by atoms with Gasteiger partial charge in [-0.3, -0.25) is 0 Å². The molecule has 7 heavy (non-hydrogen) atoms. The lowest BCUT2D eigenvalue weighted by Crippen LogP contribution is -2.21. The first-order valence-electron chi connectivity index (χ1n) is 2.98. The third-order valence-corrected chi connectivity index (χ3v) is 2.20. The Morgan fingerprint density at radius 1 is 1.71 bits per heavy atom. The molecule has 0 heterocycles. The zero-order valence-corrected chi connectivity index (χ0v) is 7.49. The number of hydrogen-bond acceptors (Lipinski definition) is 1. The van der Waals surface area contributed by atoms with Crippen molar-refractivity contribution in [1.82, 2.24) is 4.30 Å². The maximum Gasteiger partial charge on any atom is 0.319 e. The second-order valence-corrected chi connectivity index (χ2v) is 2.56. The lowest BCUT2D eigenvalue weighted by atomic mass is 10.2. The monoisotopic (exact) mass is 115 g/mol. The molecule has 42 valence electrons. The van der Waals surface area contributed by atoms with Gasteiger partial charge < -0.3 is 4.30 Å². The van der Waals surface area contributed by atoms with E-state index in [1.165, 1.54) is 12.8 Å². The molecule has 0 aliphatic rings. The molecule has 0 aromatic heterocycles. The first-order valence-corrected chi connectivity index (χ1v) is 3.98. The van der Waals surface area contributed by atoms with Crippen molar-refractivity contribution in [2.45, 2.75) is 32.7 Å². The van der Waals surface area contributed by atoms with E-state index in [-0.39, 0.29) is 0 Å². The van der Waals surface area contributed by atoms with E-state index in [0.717, 1.165) is 22.6 Å². The smallest absolute Gasteiger partial charge is 0.319 e. The van der Waals surface area contributed by atoms with Crippen molar-refractivity contribution in [3.63, 3.8) is 0 Å². The fourth-order valence-electron chi connectivity index (χ4n) is 0.577. The molecule has 0 saturated carbocycles. The minimum Gasteiger partial charge on any atom is -0.402 e. The van der Waals surface area contributed by atoms with Gasteiger partial charge in [0.2, 0.25) is 0 Å². The summed E-state index contributed by atoms with van der Waals surface area (Å²) in [7, 11) is 0. The maximum absolute atomic E-state index is 3.30. The Morgan fingerprint density at radius 2 is 2.29 bits per heavy atom. The predicted molar refractivity (Wildman–Crippen MR) is 36.0 cm³/mol. The number of rotatable bonds is 3. The third kappa shape index (κ3) is 4.34. The fraction of sp³-hybridized carbons (Fsp3) is 1.00. The van der Waals surface area contributed by atoms with Crippen LogP contribution in [0.4, 0.5) is 0 Å². The summed E-state index contributed by atoms with van der Waals surface area (Å²) >= 11 is 1.14. The normalized spacial score (nSPS) is 14.0. The van der Waals surface area contributed by atoms with Gasteiger partial charge in [-0.15, -0.1) is 0 Å². The summed E-state index contributed by atoms with van der Waals surface area (Å²) in [6, 6.07) is 0.761. The molecular formula is C5H14AlN. The van der Waals surface area contributed by atoms with Gasteiger partial charge >= 0.3 is 16.5 Å². The van der Waals surface area contributed by atoms with Crippen LogP contribution in [0.2, 0.25) is 0 Å². The van der Waals surface area contributed by atoms with Crippen molar-refractivity contribution in [3.05, 3.63) is 0 Å². The Labute approximate surface area is 54.1 Å². The summed E-state index contributed by atoms with van der Waals surface area (Å²) in [6.45, 7) is 4.45. The Morgan fingerprint density at radius 3 is 2.43 bits per heavy atom. The number of nitrogens with one attached hydrogen (secondary N) is 1. The van der Waals surface area contributed by atoms with Gasteiger partial charge in [-0.05, 0) is 12.5 Å². The van der Waals surface area contributed by atoms with Crippen LogP contribution in [0.5, 0.6) is 0 Å². The molecule has 0 aromatic carbocycles. The quantitative estimate of drug-likeness (QED) is 0.522. The van der Waals surface area contributed by atoms with E-state index in [1.807, 2.05) is 0 Å². The summed E-state index contributed by atoms with van der Waals surface area (Å²) in [6.07, 6.45) is 2.62. The lowest BCUT2D eigenvalue weighted by Gasteiger charge is -2.06. The average Bonchev–Trinajstić information content (AvgIpc) is 1.68. The van der Waals surface area contributed by atoms with Gasteiger partial charge in [0.05, 0.1) is 0 Å². The first kappa shape index (κ1) is 7.49. The summed E-state index contributed by atoms with van der Waals surface area (Å²) in [5.74, 6) is 0. The topological polar surface area (TPSA) is 12.0 Å². The van der Waals surface area contributed by atoms with E-state index in [1.54, 1.807) is 0 Å².